The molecule has 0 amide bonds. The number of nitrogens with two attached hydrogens (primary N) is 1. The van der Waals surface area contributed by atoms with Crippen LogP contribution < -0.4 is 5.73 Å². The molecule has 0 aliphatic heterocycles. The topological polar surface area (TPSA) is 26.0 Å². The molecule has 0 aliphatic carbocycles. The van der Waals surface area contributed by atoms with Crippen molar-refractivity contribution in [3.8, 4) is 0 Å². The van der Waals surface area contributed by atoms with Crippen LogP contribution in [-0.2, 0) is 12.6 Å². The lowest BCUT2D eigenvalue weighted by Crippen LogP contribution is -2.19. The fourth-order valence-corrected chi connectivity index (χ4v) is 2.29. The third kappa shape index (κ3) is 3.61. The second kappa shape index (κ2) is 5.85. The molecule has 0 bridgehead atoms. The average molecular weight is 297 g/mol. The van der Waals surface area contributed by atoms with Crippen LogP contribution in [0.15, 0.2) is 42.5 Å². The van der Waals surface area contributed by atoms with Crippen LogP contribution in [0.3, 0.4) is 0 Å². The highest BCUT2D eigenvalue weighted by atomic mass is 19.4. The molecule has 0 fully saturated rings. The zero-order chi connectivity index (χ0) is 15.6. The Labute approximate surface area is 120 Å². The number of alkyl halides is 3. The van der Waals surface area contributed by atoms with Gasteiger partial charge in [-0.05, 0) is 48.2 Å². The second-order valence-corrected chi connectivity index (χ2v) is 4.97. The van der Waals surface area contributed by atoms with Crippen molar-refractivity contribution in [3.63, 3.8) is 0 Å². The van der Waals surface area contributed by atoms with Crippen LogP contribution in [0.2, 0.25) is 0 Å². The first-order chi connectivity index (χ1) is 9.79. The van der Waals surface area contributed by atoms with Gasteiger partial charge in [0.25, 0.3) is 0 Å². The summed E-state index contributed by atoms with van der Waals surface area (Å²) in [6, 6.07) is 8.58. The molecule has 21 heavy (non-hydrogen) atoms. The summed E-state index contributed by atoms with van der Waals surface area (Å²) in [6.45, 7) is 1.77. The van der Waals surface area contributed by atoms with E-state index in [0.717, 1.165) is 11.6 Å². The highest BCUT2D eigenvalue weighted by Gasteiger charge is 2.34. The first-order valence-electron chi connectivity index (χ1n) is 6.46. The molecular weight excluding hydrogens is 282 g/mol. The van der Waals surface area contributed by atoms with Crippen molar-refractivity contribution in [3.05, 3.63) is 70.5 Å². The zero-order valence-electron chi connectivity index (χ0n) is 11.4. The van der Waals surface area contributed by atoms with E-state index in [9.17, 15) is 17.6 Å². The first-order valence-corrected chi connectivity index (χ1v) is 6.46. The van der Waals surface area contributed by atoms with E-state index in [2.05, 4.69) is 0 Å². The normalized spacial score (nSPS) is 13.2. The molecule has 1 unspecified atom stereocenters. The summed E-state index contributed by atoms with van der Waals surface area (Å²) in [4.78, 5) is 0. The van der Waals surface area contributed by atoms with Gasteiger partial charge in [-0.1, -0.05) is 24.3 Å². The van der Waals surface area contributed by atoms with E-state index >= 15 is 0 Å². The summed E-state index contributed by atoms with van der Waals surface area (Å²) in [5, 5.41) is 0. The van der Waals surface area contributed by atoms with Gasteiger partial charge in [0.05, 0.1) is 5.56 Å². The van der Waals surface area contributed by atoms with Crippen molar-refractivity contribution < 1.29 is 17.6 Å². The maximum atomic E-state index is 13.2. The Hall–Kier alpha value is -1.88. The van der Waals surface area contributed by atoms with Gasteiger partial charge in [-0.2, -0.15) is 13.2 Å². The summed E-state index contributed by atoms with van der Waals surface area (Å²) in [5.74, 6) is -0.424. The molecule has 1 nitrogen and oxygen atoms in total. The quantitative estimate of drug-likeness (QED) is 0.835. The van der Waals surface area contributed by atoms with Crippen LogP contribution >= 0.6 is 0 Å². The molecule has 2 aromatic rings. The van der Waals surface area contributed by atoms with Crippen molar-refractivity contribution in [2.75, 3.05) is 0 Å². The lowest BCUT2D eigenvalue weighted by molar-refractivity contribution is -0.138. The summed E-state index contributed by atoms with van der Waals surface area (Å²) in [6.07, 6.45) is -4.30. The van der Waals surface area contributed by atoms with Crippen molar-refractivity contribution in [2.45, 2.75) is 25.6 Å². The van der Waals surface area contributed by atoms with E-state index in [0.29, 0.717) is 5.56 Å². The van der Waals surface area contributed by atoms with Crippen molar-refractivity contribution in [1.82, 2.24) is 0 Å². The summed E-state index contributed by atoms with van der Waals surface area (Å²) >= 11 is 0. The van der Waals surface area contributed by atoms with Crippen LogP contribution in [0, 0.1) is 12.7 Å². The molecule has 2 aromatic carbocycles. The predicted octanol–water partition coefficient (Wildman–Crippen LogP) is 4.40. The number of benzene rings is 2. The highest BCUT2D eigenvalue weighted by Crippen LogP contribution is 2.34. The molecule has 0 heterocycles. The maximum absolute atomic E-state index is 13.2. The molecule has 0 aromatic heterocycles. The molecule has 0 saturated carbocycles. The Bertz CT molecular complexity index is 634. The lowest BCUT2D eigenvalue weighted by atomic mass is 9.93. The monoisotopic (exact) mass is 297 g/mol. The molecule has 0 saturated heterocycles. The van der Waals surface area contributed by atoms with E-state index < -0.39 is 23.6 Å². The zero-order valence-corrected chi connectivity index (χ0v) is 11.4. The molecular formula is C16H15F4N. The minimum absolute atomic E-state index is 0.0219. The summed E-state index contributed by atoms with van der Waals surface area (Å²) < 4.78 is 52.2. The molecule has 0 spiro atoms. The largest absolute Gasteiger partial charge is 0.416 e. The Balaban J connectivity index is 2.33. The molecule has 1 atom stereocenters. The fourth-order valence-electron chi connectivity index (χ4n) is 2.29. The van der Waals surface area contributed by atoms with Crippen LogP contribution in [0.25, 0.3) is 0 Å². The number of rotatable bonds is 3. The molecule has 0 aliphatic rings. The van der Waals surface area contributed by atoms with Gasteiger partial charge in [0, 0.05) is 6.04 Å². The standard InChI is InChI=1S/C16H15F4N/c1-10-6-7-12(17)8-11(10)9-15(21)13-4-2-3-5-14(13)16(18,19)20/h2-8,15H,9,21H2,1H3. The van der Waals surface area contributed by atoms with E-state index in [1.807, 2.05) is 0 Å². The van der Waals surface area contributed by atoms with Gasteiger partial charge in [-0.15, -0.1) is 0 Å². The van der Waals surface area contributed by atoms with Gasteiger partial charge in [-0.3, -0.25) is 0 Å². The van der Waals surface area contributed by atoms with E-state index in [4.69, 9.17) is 5.73 Å². The Kier molecular flexibility index (Phi) is 4.32. The third-order valence-corrected chi connectivity index (χ3v) is 3.42. The van der Waals surface area contributed by atoms with Crippen LogP contribution in [0.5, 0.6) is 0 Å². The van der Waals surface area contributed by atoms with Gasteiger partial charge >= 0.3 is 6.18 Å². The maximum Gasteiger partial charge on any atom is 0.416 e. The molecule has 112 valence electrons. The van der Waals surface area contributed by atoms with Crippen molar-refractivity contribution in [2.24, 2.45) is 5.73 Å². The van der Waals surface area contributed by atoms with E-state index in [1.54, 1.807) is 13.0 Å². The minimum Gasteiger partial charge on any atom is -0.324 e. The van der Waals surface area contributed by atoms with E-state index in [-0.39, 0.29) is 12.0 Å². The van der Waals surface area contributed by atoms with Crippen molar-refractivity contribution in [1.29, 1.82) is 0 Å². The molecule has 2 rings (SSSR count). The fraction of sp³-hybridized carbons (Fsp3) is 0.250. The average Bonchev–Trinajstić information content (AvgIpc) is 2.42. The number of hydrogen-bond donors (Lipinski definition) is 1. The van der Waals surface area contributed by atoms with E-state index in [1.165, 1.54) is 30.3 Å². The predicted molar refractivity (Wildman–Crippen MR) is 73.2 cm³/mol. The van der Waals surface area contributed by atoms with Crippen molar-refractivity contribution >= 4 is 0 Å². The highest BCUT2D eigenvalue weighted by molar-refractivity contribution is 5.35. The summed E-state index contributed by atoms with van der Waals surface area (Å²) in [5.41, 5.74) is 6.61. The molecule has 0 radical (unpaired) electrons. The number of aryl methyl sites for hydroxylation is 1. The Morgan fingerprint density at radius 3 is 2.43 bits per heavy atom. The number of halogens is 4. The molecule has 2 N–H and O–H groups in total. The third-order valence-electron chi connectivity index (χ3n) is 3.42. The SMILES string of the molecule is Cc1ccc(F)cc1CC(N)c1ccccc1C(F)(F)F. The molecule has 5 heteroatoms. The minimum atomic E-state index is -4.45. The number of hydrogen-bond acceptors (Lipinski definition) is 1. The van der Waals surface area contributed by atoms with Gasteiger partial charge in [0.2, 0.25) is 0 Å². The second-order valence-electron chi connectivity index (χ2n) is 4.97. The lowest BCUT2D eigenvalue weighted by Gasteiger charge is -2.19. The van der Waals surface area contributed by atoms with Gasteiger partial charge < -0.3 is 5.73 Å². The van der Waals surface area contributed by atoms with Crippen LogP contribution in [0.4, 0.5) is 17.6 Å². The van der Waals surface area contributed by atoms with Gasteiger partial charge in [0.1, 0.15) is 5.82 Å². The Morgan fingerprint density at radius 2 is 1.76 bits per heavy atom. The van der Waals surface area contributed by atoms with Crippen LogP contribution in [-0.4, -0.2) is 0 Å². The van der Waals surface area contributed by atoms with Crippen LogP contribution in [0.1, 0.15) is 28.3 Å². The Morgan fingerprint density at radius 1 is 1.10 bits per heavy atom. The first kappa shape index (κ1) is 15.5. The summed E-state index contributed by atoms with van der Waals surface area (Å²) in [7, 11) is 0. The van der Waals surface area contributed by atoms with Gasteiger partial charge in [-0.25, -0.2) is 4.39 Å². The smallest absolute Gasteiger partial charge is 0.324 e. The van der Waals surface area contributed by atoms with Gasteiger partial charge in [0.15, 0.2) is 0 Å².